The molecule has 4 aromatic carbocycles. The Bertz CT molecular complexity index is 4810. The molecule has 0 radical (unpaired) electrons. The number of carbonyl (C=O) groups is 15. The van der Waals surface area contributed by atoms with Crippen molar-refractivity contribution in [3.63, 3.8) is 0 Å². The van der Waals surface area contributed by atoms with Crippen molar-refractivity contribution in [2.75, 3.05) is 13.2 Å². The van der Waals surface area contributed by atoms with E-state index in [-0.39, 0.29) is 32.4 Å². The summed E-state index contributed by atoms with van der Waals surface area (Å²) < 4.78 is 36.3. The average molecular weight is 1800 g/mol. The highest BCUT2D eigenvalue weighted by Crippen LogP contribution is 2.45. The van der Waals surface area contributed by atoms with Crippen molar-refractivity contribution >= 4 is 132 Å². The molecule has 1 aliphatic rings. The molecule has 7 rings (SSSR count). The molecule has 8 atom stereocenters. The molecule has 1 aliphatic carbocycles. The van der Waals surface area contributed by atoms with Crippen LogP contribution in [0.4, 0.5) is 14.4 Å². The number of esters is 3. The number of para-hydroxylation sites is 2. The zero-order valence-corrected chi connectivity index (χ0v) is 75.3. The van der Waals surface area contributed by atoms with E-state index in [2.05, 4.69) is 47.9 Å². The molecule has 2 heterocycles. The third-order valence-corrected chi connectivity index (χ3v) is 19.1. The predicted molar refractivity (Wildman–Crippen MR) is 463 cm³/mol. The predicted octanol–water partition coefficient (Wildman–Crippen LogP) is 10.0. The second kappa shape index (κ2) is 42.0. The maximum absolute atomic E-state index is 15.3. The van der Waals surface area contributed by atoms with E-state index >= 15 is 14.4 Å². The Hall–Kier alpha value is -11.3. The Morgan fingerprint density at radius 1 is 0.402 bits per heavy atom. The van der Waals surface area contributed by atoms with Crippen LogP contribution in [0.2, 0.25) is 0 Å². The first-order valence-corrected chi connectivity index (χ1v) is 41.8. The number of aromatic nitrogens is 2. The molecule has 33 heteroatoms. The fourth-order valence-corrected chi connectivity index (χ4v) is 13.7. The minimum Gasteiger partial charge on any atom is -0.460 e. The molecule has 0 saturated heterocycles. The van der Waals surface area contributed by atoms with Crippen LogP contribution in [0.3, 0.4) is 0 Å². The van der Waals surface area contributed by atoms with Gasteiger partial charge >= 0.3 is 36.2 Å². The van der Waals surface area contributed by atoms with Crippen LogP contribution in [-0.4, -0.2) is 186 Å². The molecule has 0 bridgehead atoms. The summed E-state index contributed by atoms with van der Waals surface area (Å²) in [7, 11) is 0. The van der Waals surface area contributed by atoms with Gasteiger partial charge in [-0.25, -0.2) is 14.4 Å². The van der Waals surface area contributed by atoms with E-state index in [1.165, 1.54) is 51.0 Å². The number of carbonyl (C=O) groups excluding carboxylic acids is 15. The van der Waals surface area contributed by atoms with Gasteiger partial charge in [0.15, 0.2) is 0 Å². The first-order valence-electron chi connectivity index (χ1n) is 40.7. The Morgan fingerprint density at radius 2 is 0.770 bits per heavy atom. The van der Waals surface area contributed by atoms with Gasteiger partial charge in [-0.1, -0.05) is 113 Å². The van der Waals surface area contributed by atoms with Crippen LogP contribution in [0.25, 0.3) is 32.9 Å². The maximum atomic E-state index is 15.3. The fourth-order valence-electron chi connectivity index (χ4n) is 13.5. The van der Waals surface area contributed by atoms with Gasteiger partial charge in [0.05, 0.1) is 24.0 Å². The lowest BCUT2D eigenvalue weighted by atomic mass is 9.98. The molecule has 0 spiro atoms. The van der Waals surface area contributed by atoms with Gasteiger partial charge in [0.1, 0.15) is 82.9 Å². The minimum atomic E-state index is -1.88. The summed E-state index contributed by atoms with van der Waals surface area (Å²) in [5, 5.41) is 24.5. The number of halogens is 1. The number of benzene rings is 4. The Kier molecular flexibility index (Phi) is 33.7. The summed E-state index contributed by atoms with van der Waals surface area (Å²) in [5.41, 5.74) is 0.0907. The lowest BCUT2D eigenvalue weighted by Crippen LogP contribution is -2.61. The van der Waals surface area contributed by atoms with Crippen LogP contribution in [0.1, 0.15) is 205 Å². The molecule has 0 saturated carbocycles. The number of amides is 9. The molecule has 662 valence electrons. The second-order valence-electron chi connectivity index (χ2n) is 36.0. The highest BCUT2D eigenvalue weighted by Gasteiger charge is 2.40. The van der Waals surface area contributed by atoms with Gasteiger partial charge in [-0.3, -0.25) is 66.7 Å². The van der Waals surface area contributed by atoms with Crippen LogP contribution in [0, 0.1) is 11.8 Å². The quantitative estimate of drug-likeness (QED) is 0.00772. The van der Waals surface area contributed by atoms with Gasteiger partial charge in [0.2, 0.25) is 51.0 Å². The minimum absolute atomic E-state index is 0.143. The molecule has 32 nitrogen and oxygen atoms in total. The second-order valence-corrected chi connectivity index (χ2v) is 37.2. The molecule has 0 aliphatic heterocycles. The van der Waals surface area contributed by atoms with Gasteiger partial charge in [-0.15, -0.1) is 0 Å². The van der Waals surface area contributed by atoms with Crippen molar-refractivity contribution in [2.24, 2.45) is 11.8 Å². The van der Waals surface area contributed by atoms with Crippen molar-refractivity contribution in [3.8, 4) is 11.1 Å². The topological polar surface area (TPSA) is 430 Å². The molecular weight excluding hydrogens is 1690 g/mol. The smallest absolute Gasteiger partial charge is 0.419 e. The van der Waals surface area contributed by atoms with Gasteiger partial charge in [-0.2, -0.15) is 0 Å². The van der Waals surface area contributed by atoms with Crippen molar-refractivity contribution in [1.82, 2.24) is 57.0 Å². The lowest BCUT2D eigenvalue weighted by Gasteiger charge is -2.29. The molecule has 9 N–H and O–H groups in total. The number of nitrogens with zero attached hydrogens (tertiary/aromatic N) is 2. The van der Waals surface area contributed by atoms with Gasteiger partial charge < -0.3 is 76.3 Å². The number of ether oxygens (including phenoxy) is 6. The highest BCUT2D eigenvalue weighted by atomic mass is 127. The standard InChI is InChI=1S/C89H118IN11O21/c1-49(2)41-63(77(109)97-66(44-72(105)120-87(12,13)14)79(111)96-64(80(112)99-73(50(3)4)81(113)91-45-69(90)102)42-52-46-100(83(115)121-88(15,16)17)67-35-27-25-29-54(52)67)95-74(106)51(5)92-75(107)61(37-39-70(103)118-85(6,7)8)93-76(108)62(38-40-71(104)119-86(9,10)11)94-78(110)65(43-53-47-101(84(116)122-89(18,19)20)68-36-28-26-30-55(53)68)98-82(114)117-48-60-58-33-23-21-31-56(58)57-32-22-24-34-59(57)60/h21-36,46-47,49-51,60-66,73H,37-45,48H2,1-20H3,(H,91,113)(H,92,107)(H,93,108)(H,94,110)(H,95,106)(H,96,111)(H,97,109)(H,98,114)(H,99,112)/t51-,61-,62-,63-,64-,65-,66-,73-/m0/s1. The van der Waals surface area contributed by atoms with Gasteiger partial charge in [0, 0.05) is 77.4 Å². The van der Waals surface area contributed by atoms with E-state index in [1.807, 2.05) is 48.5 Å². The monoisotopic (exact) mass is 1800 g/mol. The van der Waals surface area contributed by atoms with Crippen molar-refractivity contribution in [1.29, 1.82) is 0 Å². The number of rotatable bonds is 35. The summed E-state index contributed by atoms with van der Waals surface area (Å²) in [5.74, 6) is -12.0. The van der Waals surface area contributed by atoms with Crippen LogP contribution in [-0.2, 0) is 98.8 Å². The number of nitrogens with one attached hydrogen (secondary N) is 9. The van der Waals surface area contributed by atoms with E-state index in [0.717, 1.165) is 22.3 Å². The third kappa shape index (κ3) is 29.8. The molecule has 0 fully saturated rings. The summed E-state index contributed by atoms with van der Waals surface area (Å²) in [6, 6.07) is 15.7. The van der Waals surface area contributed by atoms with Crippen LogP contribution >= 0.6 is 22.6 Å². The summed E-state index contributed by atoms with van der Waals surface area (Å²) in [6.45, 7) is 31.9. The summed E-state index contributed by atoms with van der Waals surface area (Å²) in [6.07, 6.45) is -3.45. The maximum Gasteiger partial charge on any atom is 0.419 e. The Morgan fingerprint density at radius 3 is 1.21 bits per heavy atom. The van der Waals surface area contributed by atoms with Gasteiger partial charge in [0.25, 0.3) is 0 Å². The van der Waals surface area contributed by atoms with E-state index < -0.39 is 213 Å². The van der Waals surface area contributed by atoms with E-state index in [1.54, 1.807) is 180 Å². The number of fused-ring (bicyclic) bond motifs is 5. The Balaban J connectivity index is 1.19. The van der Waals surface area contributed by atoms with Crippen molar-refractivity contribution < 1.29 is 100 Å². The molecular formula is C89H118IN11O21. The normalized spacial score (nSPS) is 14.3. The zero-order chi connectivity index (χ0) is 90.8. The van der Waals surface area contributed by atoms with Crippen molar-refractivity contribution in [2.45, 2.75) is 272 Å². The first-order chi connectivity index (χ1) is 56.7. The SMILES string of the molecule is CC(C)C[C@H](NC(=O)[C@H](C)NC(=O)[C@H](CCC(=O)OC(C)(C)C)NC(=O)[C@H](CCC(=O)OC(C)(C)C)NC(=O)[C@H](Cc1cn(C(=O)OC(C)(C)C)c2ccccc12)NC(=O)OCC1c2ccccc2-c2ccccc21)C(=O)N[C@@H](CC(=O)OC(C)(C)C)C(=O)N[C@@H](Cc1cn(C(=O)OC(C)(C)C)c2ccccc12)C(=O)N[C@H](C(=O)NCC(=O)I)C(C)C. The lowest BCUT2D eigenvalue weighted by molar-refractivity contribution is -0.157. The Labute approximate surface area is 724 Å². The summed E-state index contributed by atoms with van der Waals surface area (Å²) >= 11 is 1.50. The molecule has 0 unspecified atom stereocenters. The largest absolute Gasteiger partial charge is 0.460 e. The molecule has 9 amide bonds. The third-order valence-electron chi connectivity index (χ3n) is 18.7. The van der Waals surface area contributed by atoms with E-state index in [4.69, 9.17) is 28.4 Å². The molecule has 2 aromatic heterocycles. The molecule has 6 aromatic rings. The van der Waals surface area contributed by atoms with E-state index in [0.29, 0.717) is 32.9 Å². The first kappa shape index (κ1) is 97.9. The van der Waals surface area contributed by atoms with E-state index in [9.17, 15) is 57.5 Å². The zero-order valence-electron chi connectivity index (χ0n) is 73.2. The average Bonchev–Trinajstić information content (AvgIpc) is 1.63. The summed E-state index contributed by atoms with van der Waals surface area (Å²) in [4.78, 5) is 214. The fraction of sp³-hybridized carbons (Fsp3) is 0.517. The van der Waals surface area contributed by atoms with Gasteiger partial charge in [-0.05, 0) is 187 Å². The van der Waals surface area contributed by atoms with Crippen LogP contribution in [0.5, 0.6) is 0 Å². The highest BCUT2D eigenvalue weighted by molar-refractivity contribution is 14.1. The number of hydrogen-bond acceptors (Lipinski definition) is 21. The molecule has 122 heavy (non-hydrogen) atoms. The van der Waals surface area contributed by atoms with Crippen molar-refractivity contribution in [3.05, 3.63) is 132 Å². The van der Waals surface area contributed by atoms with Crippen LogP contribution in [0.15, 0.2) is 109 Å². The van der Waals surface area contributed by atoms with Crippen LogP contribution < -0.4 is 47.9 Å². The number of hydrogen-bond donors (Lipinski definition) is 9. The number of alkyl carbamates (subject to hydrolysis) is 1.